The predicted octanol–water partition coefficient (Wildman–Crippen LogP) is 5.39. The summed E-state index contributed by atoms with van der Waals surface area (Å²) in [5.41, 5.74) is -0.434. The number of carbonyl (C=O) groups excluding carboxylic acids is 3. The first-order valence-corrected chi connectivity index (χ1v) is 13.6. The molecule has 0 aromatic rings. The Morgan fingerprint density at radius 2 is 1.47 bits per heavy atom. The second-order valence-electron chi connectivity index (χ2n) is 9.68. The maximum Gasteiger partial charge on any atom is 0.407 e. The molecule has 1 saturated carbocycles. The van der Waals surface area contributed by atoms with E-state index in [4.69, 9.17) is 4.74 Å². The average Bonchev–Trinajstić information content (AvgIpc) is 2.78. The molecule has 0 spiro atoms. The standard InChI is InChI=1S/C19H33N3O4.C8H16/c1-4-16(23)21-13-8-14-22-18(25)26-15-9-6-7-11-19(3,12-10-15)17(24)20-5-2;1-2-4-6-8-7-5-3-1/h6,9,15H,4-5,7-8,10-14H2,1-3H3,(H,20,24)(H,21,23)(H,22,25);1-8H2/b9-6+;. The van der Waals surface area contributed by atoms with Crippen LogP contribution in [-0.2, 0) is 14.3 Å². The molecule has 2 aliphatic rings. The third-order valence-electron chi connectivity index (χ3n) is 6.60. The molecule has 3 amide bonds. The maximum atomic E-state index is 12.3. The van der Waals surface area contributed by atoms with Crippen LogP contribution < -0.4 is 16.0 Å². The fourth-order valence-electron chi connectivity index (χ4n) is 4.26. The third kappa shape index (κ3) is 13.6. The van der Waals surface area contributed by atoms with Gasteiger partial charge in [-0.25, -0.2) is 4.79 Å². The van der Waals surface area contributed by atoms with Gasteiger partial charge in [-0.05, 0) is 45.1 Å². The maximum absolute atomic E-state index is 12.3. The van der Waals surface area contributed by atoms with Gasteiger partial charge in [0.1, 0.15) is 6.10 Å². The van der Waals surface area contributed by atoms with E-state index in [0.717, 1.165) is 12.8 Å². The van der Waals surface area contributed by atoms with E-state index < -0.39 is 11.5 Å². The number of ether oxygens (including phenoxy) is 1. The van der Waals surface area contributed by atoms with Crippen molar-refractivity contribution in [3.63, 3.8) is 0 Å². The summed E-state index contributed by atoms with van der Waals surface area (Å²) >= 11 is 0. The average molecular weight is 480 g/mol. The summed E-state index contributed by atoms with van der Waals surface area (Å²) in [6, 6.07) is 0. The third-order valence-corrected chi connectivity index (χ3v) is 6.60. The van der Waals surface area contributed by atoms with Crippen LogP contribution in [-0.4, -0.2) is 43.6 Å². The molecule has 34 heavy (non-hydrogen) atoms. The Bertz CT molecular complexity index is 599. The SMILES string of the molecule is C1CCCCCCC1.CCNC(=O)C1(C)CC/C=C/C(OC(=O)NCCCNC(=O)CC)CC1. The molecule has 0 heterocycles. The Hall–Kier alpha value is -2.05. The van der Waals surface area contributed by atoms with E-state index in [-0.39, 0.29) is 17.9 Å². The smallest absolute Gasteiger partial charge is 0.407 e. The van der Waals surface area contributed by atoms with E-state index in [1.165, 1.54) is 51.4 Å². The molecule has 2 unspecified atom stereocenters. The zero-order chi connectivity index (χ0) is 25.1. The molecular formula is C27H49N3O4. The van der Waals surface area contributed by atoms with Crippen molar-refractivity contribution < 1.29 is 19.1 Å². The van der Waals surface area contributed by atoms with Crippen LogP contribution in [0.4, 0.5) is 4.79 Å². The summed E-state index contributed by atoms with van der Waals surface area (Å²) in [5.74, 6) is 0.0648. The Morgan fingerprint density at radius 1 is 0.882 bits per heavy atom. The van der Waals surface area contributed by atoms with E-state index >= 15 is 0 Å². The van der Waals surface area contributed by atoms with Gasteiger partial charge in [-0.15, -0.1) is 0 Å². The van der Waals surface area contributed by atoms with Crippen LogP contribution in [0.15, 0.2) is 12.2 Å². The van der Waals surface area contributed by atoms with Gasteiger partial charge in [0.05, 0.1) is 0 Å². The summed E-state index contributed by atoms with van der Waals surface area (Å²) in [4.78, 5) is 35.3. The van der Waals surface area contributed by atoms with E-state index in [1.807, 2.05) is 26.0 Å². The Kier molecular flexibility index (Phi) is 16.1. The topological polar surface area (TPSA) is 96.5 Å². The largest absolute Gasteiger partial charge is 0.442 e. The van der Waals surface area contributed by atoms with Crippen molar-refractivity contribution in [3.05, 3.63) is 12.2 Å². The number of amides is 3. The highest BCUT2D eigenvalue weighted by Crippen LogP contribution is 2.32. The van der Waals surface area contributed by atoms with E-state index in [2.05, 4.69) is 16.0 Å². The monoisotopic (exact) mass is 479 g/mol. The molecule has 0 radical (unpaired) electrons. The van der Waals surface area contributed by atoms with Gasteiger partial charge in [0.25, 0.3) is 0 Å². The van der Waals surface area contributed by atoms with Crippen LogP contribution in [0.25, 0.3) is 0 Å². The summed E-state index contributed by atoms with van der Waals surface area (Å²) < 4.78 is 5.45. The van der Waals surface area contributed by atoms with Gasteiger partial charge in [0.2, 0.25) is 11.8 Å². The van der Waals surface area contributed by atoms with Crippen molar-refractivity contribution in [3.8, 4) is 0 Å². The minimum atomic E-state index is -0.471. The Morgan fingerprint density at radius 3 is 2.03 bits per heavy atom. The summed E-state index contributed by atoms with van der Waals surface area (Å²) in [6.45, 7) is 7.26. The lowest BCUT2D eigenvalue weighted by atomic mass is 9.78. The van der Waals surface area contributed by atoms with Crippen LogP contribution in [0, 0.1) is 5.41 Å². The minimum Gasteiger partial charge on any atom is -0.442 e. The van der Waals surface area contributed by atoms with Gasteiger partial charge >= 0.3 is 6.09 Å². The zero-order valence-electron chi connectivity index (χ0n) is 21.9. The highest BCUT2D eigenvalue weighted by Gasteiger charge is 2.33. The first kappa shape index (κ1) is 30.0. The van der Waals surface area contributed by atoms with Crippen molar-refractivity contribution in [2.24, 2.45) is 5.41 Å². The van der Waals surface area contributed by atoms with E-state index in [0.29, 0.717) is 45.3 Å². The highest BCUT2D eigenvalue weighted by molar-refractivity contribution is 5.82. The second kappa shape index (κ2) is 18.3. The van der Waals surface area contributed by atoms with Gasteiger partial charge in [-0.2, -0.15) is 0 Å². The molecule has 0 aromatic carbocycles. The summed E-state index contributed by atoms with van der Waals surface area (Å²) in [5, 5.41) is 8.35. The fourth-order valence-corrected chi connectivity index (χ4v) is 4.26. The van der Waals surface area contributed by atoms with Crippen LogP contribution in [0.2, 0.25) is 0 Å². The van der Waals surface area contributed by atoms with E-state index in [1.54, 1.807) is 6.92 Å². The number of rotatable bonds is 8. The van der Waals surface area contributed by atoms with Gasteiger partial charge in [0, 0.05) is 31.5 Å². The zero-order valence-corrected chi connectivity index (χ0v) is 21.9. The normalized spacial score (nSPS) is 23.9. The number of hydrogen-bond acceptors (Lipinski definition) is 4. The van der Waals surface area contributed by atoms with Crippen LogP contribution in [0.1, 0.15) is 111 Å². The molecule has 0 bridgehead atoms. The number of alkyl carbamates (subject to hydrolysis) is 1. The fraction of sp³-hybridized carbons (Fsp3) is 0.815. The molecule has 2 atom stereocenters. The van der Waals surface area contributed by atoms with Crippen molar-refractivity contribution in [2.45, 2.75) is 117 Å². The van der Waals surface area contributed by atoms with Crippen molar-refractivity contribution in [1.29, 1.82) is 0 Å². The molecule has 0 saturated heterocycles. The molecule has 196 valence electrons. The van der Waals surface area contributed by atoms with Gasteiger partial charge < -0.3 is 20.7 Å². The first-order chi connectivity index (χ1) is 16.4. The molecule has 2 rings (SSSR count). The lowest BCUT2D eigenvalue weighted by molar-refractivity contribution is -0.131. The molecule has 0 aromatic heterocycles. The van der Waals surface area contributed by atoms with Crippen molar-refractivity contribution in [2.75, 3.05) is 19.6 Å². The molecule has 0 aliphatic heterocycles. The van der Waals surface area contributed by atoms with Crippen LogP contribution >= 0.6 is 0 Å². The van der Waals surface area contributed by atoms with Gasteiger partial charge in [-0.3, -0.25) is 9.59 Å². The predicted molar refractivity (Wildman–Crippen MR) is 138 cm³/mol. The molecule has 7 nitrogen and oxygen atoms in total. The number of hydrogen-bond donors (Lipinski definition) is 3. The van der Waals surface area contributed by atoms with Crippen molar-refractivity contribution >= 4 is 17.9 Å². The summed E-state index contributed by atoms with van der Waals surface area (Å²) in [7, 11) is 0. The van der Waals surface area contributed by atoms with Crippen molar-refractivity contribution in [1.82, 2.24) is 16.0 Å². The number of carbonyl (C=O) groups is 3. The number of allylic oxidation sites excluding steroid dienone is 1. The van der Waals surface area contributed by atoms with Crippen LogP contribution in [0.3, 0.4) is 0 Å². The van der Waals surface area contributed by atoms with E-state index in [9.17, 15) is 14.4 Å². The summed E-state index contributed by atoms with van der Waals surface area (Å²) in [6.07, 6.45) is 19.0. The molecule has 3 N–H and O–H groups in total. The first-order valence-electron chi connectivity index (χ1n) is 13.6. The Labute approximate surface area is 207 Å². The van der Waals surface area contributed by atoms with Gasteiger partial charge in [0.15, 0.2) is 0 Å². The second-order valence-corrected chi connectivity index (χ2v) is 9.68. The minimum absolute atomic E-state index is 0.00222. The molecular weight excluding hydrogens is 430 g/mol. The molecule has 2 aliphatic carbocycles. The quantitative estimate of drug-likeness (QED) is 0.321. The molecule has 7 heteroatoms. The Balaban J connectivity index is 0.000000605. The lowest BCUT2D eigenvalue weighted by Gasteiger charge is -2.30. The van der Waals surface area contributed by atoms with Gasteiger partial charge in [-0.1, -0.05) is 71.3 Å². The lowest BCUT2D eigenvalue weighted by Crippen LogP contribution is -2.40. The van der Waals surface area contributed by atoms with Crippen LogP contribution in [0.5, 0.6) is 0 Å². The number of nitrogens with one attached hydrogen (secondary N) is 3. The highest BCUT2D eigenvalue weighted by atomic mass is 16.6. The molecule has 1 fully saturated rings.